The molecular weight excluding hydrogens is 420 g/mol. The average Bonchev–Trinajstić information content (AvgIpc) is 3.02. The molecule has 4 N–H and O–H groups in total. The third-order valence-corrected chi connectivity index (χ3v) is 5.01. The summed E-state index contributed by atoms with van der Waals surface area (Å²) >= 11 is 5.95. The highest BCUT2D eigenvalue weighted by molar-refractivity contribution is 6.31. The largest absolute Gasteiger partial charge is 0.326 e. The highest BCUT2D eigenvalue weighted by Gasteiger charge is 2.32. The minimum absolute atomic E-state index is 0.0394. The van der Waals surface area contributed by atoms with Gasteiger partial charge in [0.25, 0.3) is 5.91 Å². The maximum absolute atomic E-state index is 12.5. The van der Waals surface area contributed by atoms with Gasteiger partial charge in [0.05, 0.1) is 5.92 Å². The van der Waals surface area contributed by atoms with Crippen LogP contribution in [0.1, 0.15) is 28.4 Å². The molecular formula is C22H17ClN4O4. The number of hydrogen-bond donors (Lipinski definition) is 4. The van der Waals surface area contributed by atoms with Crippen molar-refractivity contribution in [3.8, 4) is 0 Å². The van der Waals surface area contributed by atoms with Crippen LogP contribution in [-0.4, -0.2) is 22.7 Å². The number of pyridine rings is 1. The number of fused-ring (bicyclic) bond motifs is 1. The highest BCUT2D eigenvalue weighted by atomic mass is 35.5. The van der Waals surface area contributed by atoms with E-state index in [2.05, 4.69) is 20.9 Å². The zero-order chi connectivity index (χ0) is 22.0. The van der Waals surface area contributed by atoms with E-state index in [0.29, 0.717) is 22.1 Å². The van der Waals surface area contributed by atoms with Crippen LogP contribution < -0.4 is 21.5 Å². The number of benzene rings is 2. The summed E-state index contributed by atoms with van der Waals surface area (Å²) in [5, 5.41) is 8.63. The molecule has 3 aromatic rings. The minimum atomic E-state index is -0.606. The summed E-state index contributed by atoms with van der Waals surface area (Å²) in [6, 6.07) is 15.9. The third-order valence-electron chi connectivity index (χ3n) is 4.77. The van der Waals surface area contributed by atoms with Crippen LogP contribution in [0.3, 0.4) is 0 Å². The lowest BCUT2D eigenvalue weighted by Crippen LogP contribution is -2.20. The minimum Gasteiger partial charge on any atom is -0.326 e. The Morgan fingerprint density at radius 1 is 0.935 bits per heavy atom. The van der Waals surface area contributed by atoms with Crippen LogP contribution in [0.2, 0.25) is 5.02 Å². The molecule has 0 fully saturated rings. The van der Waals surface area contributed by atoms with E-state index < -0.39 is 11.8 Å². The second-order valence-corrected chi connectivity index (χ2v) is 7.43. The van der Waals surface area contributed by atoms with Crippen LogP contribution in [0.4, 0.5) is 17.1 Å². The fourth-order valence-corrected chi connectivity index (χ4v) is 3.53. The van der Waals surface area contributed by atoms with Gasteiger partial charge >= 0.3 is 0 Å². The Balaban J connectivity index is 1.42. The summed E-state index contributed by atoms with van der Waals surface area (Å²) in [4.78, 5) is 50.9. The van der Waals surface area contributed by atoms with Crippen molar-refractivity contribution in [3.63, 3.8) is 0 Å². The van der Waals surface area contributed by atoms with E-state index in [9.17, 15) is 19.2 Å². The van der Waals surface area contributed by atoms with Gasteiger partial charge in [-0.2, -0.15) is 0 Å². The second kappa shape index (κ2) is 8.45. The lowest BCUT2D eigenvalue weighted by atomic mass is 9.97. The number of nitrogens with one attached hydrogen (secondary N) is 4. The molecule has 1 atom stereocenters. The molecule has 0 saturated carbocycles. The topological polar surface area (TPSA) is 120 Å². The number of carbonyl (C=O) groups excluding carboxylic acids is 3. The molecule has 31 heavy (non-hydrogen) atoms. The van der Waals surface area contributed by atoms with Gasteiger partial charge in [0.2, 0.25) is 17.4 Å². The predicted octanol–water partition coefficient (Wildman–Crippen LogP) is 3.35. The lowest BCUT2D eigenvalue weighted by Gasteiger charge is -2.11. The van der Waals surface area contributed by atoms with Crippen LogP contribution in [0.5, 0.6) is 0 Å². The first-order valence-corrected chi connectivity index (χ1v) is 9.78. The zero-order valence-electron chi connectivity index (χ0n) is 16.1. The number of halogens is 1. The molecule has 2 aromatic carbocycles. The van der Waals surface area contributed by atoms with Crippen molar-refractivity contribution in [2.75, 3.05) is 16.0 Å². The Hall–Kier alpha value is -3.91. The normalized spacial score (nSPS) is 14.5. The SMILES string of the molecule is O=C(CC1C(=O)Nc2cc(Cl)ccc21)Nc1cccc(NC(=O)c2cccc(=O)[nH]2)c1. The van der Waals surface area contributed by atoms with Crippen LogP contribution in [0.25, 0.3) is 0 Å². The maximum Gasteiger partial charge on any atom is 0.272 e. The van der Waals surface area contributed by atoms with Gasteiger partial charge in [0.15, 0.2) is 0 Å². The second-order valence-electron chi connectivity index (χ2n) is 6.99. The summed E-state index contributed by atoms with van der Waals surface area (Å²) in [6.07, 6.45) is -0.0394. The summed E-state index contributed by atoms with van der Waals surface area (Å²) in [5.74, 6) is -1.70. The summed E-state index contributed by atoms with van der Waals surface area (Å²) in [5.41, 5.74) is 1.97. The van der Waals surface area contributed by atoms with Gasteiger partial charge in [0, 0.05) is 34.6 Å². The van der Waals surface area contributed by atoms with Gasteiger partial charge in [-0.1, -0.05) is 29.8 Å². The van der Waals surface area contributed by atoms with Crippen molar-refractivity contribution >= 4 is 46.4 Å². The van der Waals surface area contributed by atoms with E-state index in [4.69, 9.17) is 11.6 Å². The van der Waals surface area contributed by atoms with Gasteiger partial charge in [-0.25, -0.2) is 0 Å². The third kappa shape index (κ3) is 4.65. The van der Waals surface area contributed by atoms with Crippen molar-refractivity contribution in [2.45, 2.75) is 12.3 Å². The Kier molecular flexibility index (Phi) is 5.55. The summed E-state index contributed by atoms with van der Waals surface area (Å²) in [7, 11) is 0. The standard InChI is InChI=1S/C22H17ClN4O4/c23-12-7-8-15-16(21(30)27-18(15)9-12)11-20(29)24-13-3-1-4-14(10-13)25-22(31)17-5-2-6-19(28)26-17/h1-10,16H,11H2,(H,24,29)(H,25,31)(H,26,28)(H,27,30). The number of anilines is 3. The van der Waals surface area contributed by atoms with E-state index in [1.165, 1.54) is 18.2 Å². The molecule has 156 valence electrons. The quantitative estimate of drug-likeness (QED) is 0.490. The van der Waals surface area contributed by atoms with E-state index in [1.807, 2.05) is 0 Å². The molecule has 2 heterocycles. The predicted molar refractivity (Wildman–Crippen MR) is 118 cm³/mol. The molecule has 0 spiro atoms. The number of aromatic amines is 1. The van der Waals surface area contributed by atoms with Gasteiger partial charge in [-0.3, -0.25) is 19.2 Å². The summed E-state index contributed by atoms with van der Waals surface area (Å²) in [6.45, 7) is 0. The maximum atomic E-state index is 12.5. The Morgan fingerprint density at radius 2 is 1.68 bits per heavy atom. The van der Waals surface area contributed by atoms with E-state index in [-0.39, 0.29) is 29.5 Å². The first kappa shape index (κ1) is 20.4. The first-order chi connectivity index (χ1) is 14.9. The molecule has 8 nitrogen and oxygen atoms in total. The first-order valence-electron chi connectivity index (χ1n) is 9.40. The van der Waals surface area contributed by atoms with Gasteiger partial charge in [-0.15, -0.1) is 0 Å². The van der Waals surface area contributed by atoms with E-state index >= 15 is 0 Å². The Labute approximate surface area is 181 Å². The van der Waals surface area contributed by atoms with Crippen molar-refractivity contribution < 1.29 is 14.4 Å². The van der Waals surface area contributed by atoms with Crippen LogP contribution in [0, 0.1) is 0 Å². The number of amides is 3. The van der Waals surface area contributed by atoms with Crippen LogP contribution in [0.15, 0.2) is 65.5 Å². The summed E-state index contributed by atoms with van der Waals surface area (Å²) < 4.78 is 0. The molecule has 0 saturated heterocycles. The molecule has 3 amide bonds. The average molecular weight is 437 g/mol. The molecule has 1 unspecified atom stereocenters. The lowest BCUT2D eigenvalue weighted by molar-refractivity contribution is -0.122. The van der Waals surface area contributed by atoms with Crippen molar-refractivity contribution in [3.05, 3.63) is 87.3 Å². The smallest absolute Gasteiger partial charge is 0.272 e. The molecule has 1 aliphatic rings. The molecule has 1 aliphatic heterocycles. The van der Waals surface area contributed by atoms with Gasteiger partial charge in [0.1, 0.15) is 5.69 Å². The van der Waals surface area contributed by atoms with Crippen LogP contribution >= 0.6 is 11.6 Å². The van der Waals surface area contributed by atoms with Crippen molar-refractivity contribution in [2.24, 2.45) is 0 Å². The number of rotatable bonds is 5. The molecule has 0 radical (unpaired) electrons. The van der Waals surface area contributed by atoms with Crippen molar-refractivity contribution in [1.82, 2.24) is 4.98 Å². The number of hydrogen-bond acceptors (Lipinski definition) is 4. The Bertz CT molecular complexity index is 1250. The van der Waals surface area contributed by atoms with E-state index in [1.54, 1.807) is 42.5 Å². The monoisotopic (exact) mass is 436 g/mol. The van der Waals surface area contributed by atoms with Crippen LogP contribution in [-0.2, 0) is 9.59 Å². The molecule has 1 aromatic heterocycles. The van der Waals surface area contributed by atoms with Crippen molar-refractivity contribution in [1.29, 1.82) is 0 Å². The molecule has 9 heteroatoms. The molecule has 0 bridgehead atoms. The highest BCUT2D eigenvalue weighted by Crippen LogP contribution is 2.36. The fraction of sp³-hybridized carbons (Fsp3) is 0.0909. The van der Waals surface area contributed by atoms with Gasteiger partial charge in [-0.05, 0) is 42.0 Å². The number of carbonyl (C=O) groups is 3. The number of H-pyrrole nitrogens is 1. The molecule has 0 aliphatic carbocycles. The zero-order valence-corrected chi connectivity index (χ0v) is 16.8. The Morgan fingerprint density at radius 3 is 2.45 bits per heavy atom. The molecule has 4 rings (SSSR count). The number of aromatic nitrogens is 1. The fourth-order valence-electron chi connectivity index (χ4n) is 3.36. The van der Waals surface area contributed by atoms with Gasteiger partial charge < -0.3 is 20.9 Å². The van der Waals surface area contributed by atoms with E-state index in [0.717, 1.165) is 5.56 Å².